The second-order valence-corrected chi connectivity index (χ2v) is 14.5. The van der Waals surface area contributed by atoms with Gasteiger partial charge in [-0.15, -0.1) is 0 Å². The second-order valence-electron chi connectivity index (χ2n) is 14.5. The highest BCUT2D eigenvalue weighted by molar-refractivity contribution is 5.95. The van der Waals surface area contributed by atoms with E-state index in [1.165, 1.54) is 5.56 Å². The Morgan fingerprint density at radius 3 is 2.40 bits per heavy atom. The molecule has 11 nitrogen and oxygen atoms in total. The van der Waals surface area contributed by atoms with Crippen LogP contribution in [0.1, 0.15) is 54.6 Å². The Kier molecular flexibility index (Phi) is 12.0. The highest BCUT2D eigenvalue weighted by atomic mass is 16.5. The minimum Gasteiger partial charge on any atom is -0.493 e. The molecule has 0 radical (unpaired) electrons. The molecule has 53 heavy (non-hydrogen) atoms. The molecule has 4 unspecified atom stereocenters. The third-order valence-electron chi connectivity index (χ3n) is 10.6. The third-order valence-corrected chi connectivity index (χ3v) is 10.6. The van der Waals surface area contributed by atoms with Crippen LogP contribution in [0, 0.1) is 17.8 Å². The lowest BCUT2D eigenvalue weighted by Gasteiger charge is -2.40. The van der Waals surface area contributed by atoms with Gasteiger partial charge in [0, 0.05) is 62.3 Å². The van der Waals surface area contributed by atoms with E-state index < -0.39 is 12.0 Å². The molecule has 0 saturated carbocycles. The molecular weight excluding hydrogens is 670 g/mol. The first-order valence-electron chi connectivity index (χ1n) is 18.7. The minimum atomic E-state index is -0.721. The number of carbonyl (C=O) groups is 4. The number of hydrogen-bond acceptors (Lipinski definition) is 6. The Hall–Kier alpha value is -5.32. The summed E-state index contributed by atoms with van der Waals surface area (Å²) in [5.41, 5.74) is 3.72. The first kappa shape index (κ1) is 37.4. The number of nitrogens with zero attached hydrogens (tertiary/aromatic N) is 2. The number of aromatic nitrogens is 1. The standard InChI is InChI=1S/C42H51N5O6/c1-27(2)53-37-19-17-29(21-38(37)52-4)42(51)47-24-31-23-46(39(48)20-18-30-22-44-35-15-9-8-14-32(30)35)26-34(33(31)25-47)40(49)45-36(41(50)43-3)16-10-13-28-11-6-5-7-12-28/h5-9,11-12,14-15,17,19,21-22,27,31,33-34,36,44H,10,13,16,18,20,23-26H2,1-4H3,(H,43,50)(H,45,49). The molecule has 280 valence electrons. The van der Waals surface area contributed by atoms with Crippen molar-refractivity contribution in [2.75, 3.05) is 40.3 Å². The molecule has 2 aliphatic rings. The molecule has 4 atom stereocenters. The Morgan fingerprint density at radius 2 is 1.64 bits per heavy atom. The normalized spacial score (nSPS) is 18.8. The molecule has 0 spiro atoms. The van der Waals surface area contributed by atoms with Crippen molar-refractivity contribution < 1.29 is 28.7 Å². The van der Waals surface area contributed by atoms with Gasteiger partial charge in [0.25, 0.3) is 5.91 Å². The third kappa shape index (κ3) is 8.84. The summed E-state index contributed by atoms with van der Waals surface area (Å²) in [5, 5.41) is 6.86. The Morgan fingerprint density at radius 1 is 0.887 bits per heavy atom. The molecule has 2 saturated heterocycles. The molecule has 3 aromatic carbocycles. The van der Waals surface area contributed by atoms with Crippen LogP contribution in [0.25, 0.3) is 10.9 Å². The van der Waals surface area contributed by atoms with Gasteiger partial charge in [-0.3, -0.25) is 19.2 Å². The van der Waals surface area contributed by atoms with Gasteiger partial charge < -0.3 is 34.9 Å². The number of benzene rings is 3. The summed E-state index contributed by atoms with van der Waals surface area (Å²) in [6.45, 7) is 5.29. The van der Waals surface area contributed by atoms with E-state index >= 15 is 0 Å². The molecule has 4 aromatic rings. The number of nitrogens with one attached hydrogen (secondary N) is 3. The van der Waals surface area contributed by atoms with Crippen LogP contribution in [0.4, 0.5) is 0 Å². The van der Waals surface area contributed by atoms with Crippen molar-refractivity contribution in [2.45, 2.75) is 58.1 Å². The van der Waals surface area contributed by atoms with E-state index in [0.717, 1.165) is 22.9 Å². The quantitative estimate of drug-likeness (QED) is 0.168. The number of amides is 4. The maximum atomic E-state index is 14.3. The zero-order valence-electron chi connectivity index (χ0n) is 31.1. The summed E-state index contributed by atoms with van der Waals surface area (Å²) in [4.78, 5) is 62.0. The lowest BCUT2D eigenvalue weighted by Crippen LogP contribution is -2.56. The molecule has 2 fully saturated rings. The smallest absolute Gasteiger partial charge is 0.254 e. The number of methoxy groups -OCH3 is 1. The number of para-hydroxylation sites is 1. The van der Waals surface area contributed by atoms with Gasteiger partial charge in [0.15, 0.2) is 11.5 Å². The molecule has 2 aliphatic heterocycles. The highest BCUT2D eigenvalue weighted by Crippen LogP contribution is 2.38. The summed E-state index contributed by atoms with van der Waals surface area (Å²) in [5.74, 6) is -0.594. The van der Waals surface area contributed by atoms with Gasteiger partial charge in [0.1, 0.15) is 6.04 Å². The first-order valence-corrected chi connectivity index (χ1v) is 18.7. The topological polar surface area (TPSA) is 133 Å². The number of carbonyl (C=O) groups excluding carboxylic acids is 4. The molecule has 0 bridgehead atoms. The van der Waals surface area contributed by atoms with Crippen LogP contribution in [0.15, 0.2) is 79.0 Å². The first-order chi connectivity index (χ1) is 25.6. The summed E-state index contributed by atoms with van der Waals surface area (Å²) >= 11 is 0. The predicted octanol–water partition coefficient (Wildman–Crippen LogP) is 5.00. The van der Waals surface area contributed by atoms with E-state index in [4.69, 9.17) is 9.47 Å². The fraction of sp³-hybridized carbons (Fsp3) is 0.429. The number of fused-ring (bicyclic) bond motifs is 2. The van der Waals surface area contributed by atoms with Gasteiger partial charge in [0.05, 0.1) is 19.1 Å². The number of aryl methyl sites for hydroxylation is 2. The largest absolute Gasteiger partial charge is 0.493 e. The molecule has 1 aromatic heterocycles. The van der Waals surface area contributed by atoms with Crippen LogP contribution >= 0.6 is 0 Å². The fourth-order valence-corrected chi connectivity index (χ4v) is 7.87. The molecule has 0 aliphatic carbocycles. The molecule has 11 heteroatoms. The van der Waals surface area contributed by atoms with E-state index in [-0.39, 0.29) is 48.1 Å². The molecule has 3 N–H and O–H groups in total. The summed E-state index contributed by atoms with van der Waals surface area (Å²) in [6.07, 6.45) is 4.71. The second kappa shape index (κ2) is 17.0. The Balaban J connectivity index is 1.19. The van der Waals surface area contributed by atoms with Crippen molar-refractivity contribution in [3.63, 3.8) is 0 Å². The monoisotopic (exact) mass is 721 g/mol. The minimum absolute atomic E-state index is 0.0347. The van der Waals surface area contributed by atoms with Crippen molar-refractivity contribution in [3.05, 3.63) is 95.7 Å². The number of hydrogen-bond donors (Lipinski definition) is 3. The molecule has 4 amide bonds. The van der Waals surface area contributed by atoms with Gasteiger partial charge >= 0.3 is 0 Å². The van der Waals surface area contributed by atoms with Crippen LogP contribution in [0.2, 0.25) is 0 Å². The SMILES string of the molecule is CNC(=O)C(CCCc1ccccc1)NC(=O)C1CN(C(=O)CCc2c[nH]c3ccccc23)CC2CN(C(=O)c3ccc(OC(C)C)c(OC)c3)CC21. The van der Waals surface area contributed by atoms with Crippen LogP contribution < -0.4 is 20.1 Å². The molecule has 3 heterocycles. The van der Waals surface area contributed by atoms with Crippen molar-refractivity contribution in [2.24, 2.45) is 17.8 Å². The maximum absolute atomic E-state index is 14.3. The summed E-state index contributed by atoms with van der Waals surface area (Å²) < 4.78 is 11.4. The van der Waals surface area contributed by atoms with Crippen LogP contribution in [0.3, 0.4) is 0 Å². The lowest BCUT2D eigenvalue weighted by atomic mass is 9.79. The van der Waals surface area contributed by atoms with Gasteiger partial charge in [-0.05, 0) is 86.8 Å². The van der Waals surface area contributed by atoms with Crippen molar-refractivity contribution in [1.82, 2.24) is 25.4 Å². The summed E-state index contributed by atoms with van der Waals surface area (Å²) in [7, 11) is 3.11. The van der Waals surface area contributed by atoms with Gasteiger partial charge in [-0.2, -0.15) is 0 Å². The molecular formula is C42H51N5O6. The fourth-order valence-electron chi connectivity index (χ4n) is 7.87. The summed E-state index contributed by atoms with van der Waals surface area (Å²) in [6, 6.07) is 22.5. The number of likely N-dealkylation sites (N-methyl/N-ethyl adjacent to an activating group) is 1. The van der Waals surface area contributed by atoms with E-state index in [9.17, 15) is 19.2 Å². The van der Waals surface area contributed by atoms with Gasteiger partial charge in [-0.25, -0.2) is 0 Å². The van der Waals surface area contributed by atoms with E-state index in [0.29, 0.717) is 62.4 Å². The van der Waals surface area contributed by atoms with E-state index in [2.05, 4.69) is 27.8 Å². The number of likely N-dealkylation sites (tertiary alicyclic amines) is 2. The number of aromatic amines is 1. The lowest BCUT2D eigenvalue weighted by molar-refractivity contribution is -0.140. The Labute approximate surface area is 311 Å². The van der Waals surface area contributed by atoms with Crippen molar-refractivity contribution >= 4 is 34.5 Å². The van der Waals surface area contributed by atoms with Gasteiger partial charge in [-0.1, -0.05) is 48.5 Å². The van der Waals surface area contributed by atoms with Crippen LogP contribution in [-0.2, 0) is 27.2 Å². The molecule has 6 rings (SSSR count). The van der Waals surface area contributed by atoms with Gasteiger partial charge in [0.2, 0.25) is 17.7 Å². The highest BCUT2D eigenvalue weighted by Gasteiger charge is 2.48. The van der Waals surface area contributed by atoms with Crippen LogP contribution in [-0.4, -0.2) is 90.9 Å². The number of H-pyrrole nitrogens is 1. The average Bonchev–Trinajstić information content (AvgIpc) is 3.80. The van der Waals surface area contributed by atoms with E-state index in [1.807, 2.05) is 62.5 Å². The van der Waals surface area contributed by atoms with E-state index in [1.54, 1.807) is 42.2 Å². The predicted molar refractivity (Wildman–Crippen MR) is 204 cm³/mol. The van der Waals surface area contributed by atoms with Crippen molar-refractivity contribution in [1.29, 1.82) is 0 Å². The number of ether oxygens (including phenoxy) is 2. The Bertz CT molecular complexity index is 1910. The average molecular weight is 722 g/mol. The zero-order valence-corrected chi connectivity index (χ0v) is 31.1. The maximum Gasteiger partial charge on any atom is 0.254 e. The zero-order chi connectivity index (χ0) is 37.5. The van der Waals surface area contributed by atoms with Crippen molar-refractivity contribution in [3.8, 4) is 11.5 Å². The number of piperidine rings is 1. The van der Waals surface area contributed by atoms with Crippen LogP contribution in [0.5, 0.6) is 11.5 Å². The number of rotatable bonds is 14.